The van der Waals surface area contributed by atoms with Crippen LogP contribution < -0.4 is 0 Å². The van der Waals surface area contributed by atoms with E-state index in [2.05, 4.69) is 4.74 Å². The van der Waals surface area contributed by atoms with Crippen molar-refractivity contribution in [1.29, 1.82) is 0 Å². The van der Waals surface area contributed by atoms with Gasteiger partial charge in [-0.25, -0.2) is 0 Å². The van der Waals surface area contributed by atoms with Gasteiger partial charge in [-0.2, -0.15) is 65.9 Å². The highest BCUT2D eigenvalue weighted by Gasteiger charge is 2.97. The van der Waals surface area contributed by atoms with E-state index in [1.165, 1.54) is 0 Å². The third-order valence-electron chi connectivity index (χ3n) is 2.76. The van der Waals surface area contributed by atoms with Gasteiger partial charge in [-0.1, -0.05) is 0 Å². The first kappa shape index (κ1) is 23.9. The van der Waals surface area contributed by atoms with Crippen molar-refractivity contribution in [3.8, 4) is 0 Å². The maximum atomic E-state index is 13.3. The summed E-state index contributed by atoms with van der Waals surface area (Å²) in [6, 6.07) is 0. The molecule has 0 aliphatic heterocycles. The van der Waals surface area contributed by atoms with Crippen molar-refractivity contribution in [1.82, 2.24) is 0 Å². The zero-order valence-corrected chi connectivity index (χ0v) is 11.3. The molecule has 0 bridgehead atoms. The van der Waals surface area contributed by atoms with Crippen molar-refractivity contribution in [2.75, 3.05) is 6.61 Å². The average Bonchev–Trinajstić information content (AvgIpc) is 2.30. The van der Waals surface area contributed by atoms with E-state index < -0.39 is 48.5 Å². The Morgan fingerprint density at radius 3 is 0.800 bits per heavy atom. The Hall–Kier alpha value is -1.09. The number of hydrogen-bond acceptors (Lipinski definition) is 1. The summed E-state index contributed by atoms with van der Waals surface area (Å²) in [5.41, 5.74) is -7.68. The lowest BCUT2D eigenvalue weighted by molar-refractivity contribution is -0.494. The highest BCUT2D eigenvalue weighted by atomic mass is 19.4. The molecule has 0 rings (SSSR count). The molecule has 16 heteroatoms. The second-order valence-corrected chi connectivity index (χ2v) is 4.33. The molecule has 0 spiro atoms. The van der Waals surface area contributed by atoms with Crippen LogP contribution >= 0.6 is 0 Å². The topological polar surface area (TPSA) is 9.23 Å². The van der Waals surface area contributed by atoms with Crippen molar-refractivity contribution < 1.29 is 70.6 Å². The second kappa shape index (κ2) is 5.97. The van der Waals surface area contributed by atoms with Crippen LogP contribution in [0.25, 0.3) is 0 Å². The molecule has 0 fully saturated rings. The van der Waals surface area contributed by atoms with Gasteiger partial charge < -0.3 is 4.74 Å². The molecule has 25 heavy (non-hydrogen) atoms. The van der Waals surface area contributed by atoms with Gasteiger partial charge in [-0.15, -0.1) is 0 Å². The lowest BCUT2D eigenvalue weighted by Gasteiger charge is -2.48. The molecule has 0 atom stereocenters. The molecule has 0 aromatic heterocycles. The Labute approximate surface area is 127 Å². The van der Waals surface area contributed by atoms with Crippen LogP contribution in [0.4, 0.5) is 65.9 Å². The van der Waals surface area contributed by atoms with Crippen molar-refractivity contribution in [2.45, 2.75) is 48.8 Å². The first-order valence-corrected chi connectivity index (χ1v) is 5.53. The summed E-state index contributed by atoms with van der Waals surface area (Å²) >= 11 is 0. The Kier molecular flexibility index (Phi) is 5.71. The fourth-order valence-electron chi connectivity index (χ4n) is 1.68. The molecule has 152 valence electrons. The van der Waals surface area contributed by atoms with E-state index in [0.717, 1.165) is 0 Å². The van der Waals surface area contributed by atoms with Crippen LogP contribution in [0.3, 0.4) is 0 Å². The van der Waals surface area contributed by atoms with E-state index in [4.69, 9.17) is 0 Å². The van der Waals surface area contributed by atoms with E-state index in [-0.39, 0.29) is 6.92 Å². The first-order valence-electron chi connectivity index (χ1n) is 5.53. The van der Waals surface area contributed by atoms with Crippen molar-refractivity contribution in [3.63, 3.8) is 0 Å². The van der Waals surface area contributed by atoms with Gasteiger partial charge in [-0.3, -0.25) is 0 Å². The van der Waals surface area contributed by atoms with Gasteiger partial charge in [0.2, 0.25) is 0 Å². The molecule has 0 aliphatic carbocycles. The largest absolute Gasteiger partial charge is 0.456 e. The fraction of sp³-hybridized carbons (Fsp3) is 1.00. The molecule has 0 aromatic rings. The monoisotopic (exact) mass is 414 g/mol. The van der Waals surface area contributed by atoms with Crippen molar-refractivity contribution >= 4 is 0 Å². The van der Waals surface area contributed by atoms with Crippen LogP contribution in [0, 0.1) is 0 Å². The number of hydrogen-bond donors (Lipinski definition) is 0. The van der Waals surface area contributed by atoms with Crippen LogP contribution in [0.5, 0.6) is 0 Å². The Morgan fingerprint density at radius 2 is 0.680 bits per heavy atom. The van der Waals surface area contributed by atoms with Crippen LogP contribution in [0.2, 0.25) is 0 Å². The van der Waals surface area contributed by atoms with Gasteiger partial charge >= 0.3 is 36.3 Å². The molecular formula is C9H5F15O. The van der Waals surface area contributed by atoms with Gasteiger partial charge in [-0.05, 0) is 6.92 Å². The van der Waals surface area contributed by atoms with Gasteiger partial charge in [0.05, 0.1) is 0 Å². The molecule has 0 radical (unpaired) electrons. The lowest BCUT2D eigenvalue weighted by Crippen LogP contribution is -2.81. The quantitative estimate of drug-likeness (QED) is 0.551. The zero-order chi connectivity index (χ0) is 20.9. The Bertz CT molecular complexity index is 402. The summed E-state index contributed by atoms with van der Waals surface area (Å²) in [5, 5.41) is 0. The average molecular weight is 414 g/mol. The standard InChI is InChI=1S/C9H5F15O/c1-2-25-3(4(10,11)7(16,17)18,5(12,13)8(19,20)21)6(14,15)9(22,23)24/h2H2,1H3. The molecule has 0 aliphatic rings. The molecule has 0 aromatic carbocycles. The van der Waals surface area contributed by atoms with E-state index in [1.54, 1.807) is 0 Å². The third kappa shape index (κ3) is 3.09. The Morgan fingerprint density at radius 1 is 0.480 bits per heavy atom. The molecular weight excluding hydrogens is 409 g/mol. The summed E-state index contributed by atoms with van der Waals surface area (Å²) in [5.74, 6) is -23.9. The van der Waals surface area contributed by atoms with Gasteiger partial charge in [0.15, 0.2) is 0 Å². The van der Waals surface area contributed by atoms with Crippen molar-refractivity contribution in [2.24, 2.45) is 0 Å². The van der Waals surface area contributed by atoms with E-state index in [1.807, 2.05) is 0 Å². The number of ether oxygens (including phenoxy) is 1. The van der Waals surface area contributed by atoms with E-state index in [9.17, 15) is 65.9 Å². The molecule has 0 heterocycles. The highest BCUT2D eigenvalue weighted by Crippen LogP contribution is 2.64. The van der Waals surface area contributed by atoms with Crippen LogP contribution in [0.1, 0.15) is 6.92 Å². The number of alkyl halides is 15. The maximum Gasteiger partial charge on any atom is 0.456 e. The first-order chi connectivity index (χ1) is 10.6. The van der Waals surface area contributed by atoms with Gasteiger partial charge in [0.25, 0.3) is 5.60 Å². The van der Waals surface area contributed by atoms with E-state index in [0.29, 0.717) is 0 Å². The van der Waals surface area contributed by atoms with Crippen molar-refractivity contribution in [3.05, 3.63) is 0 Å². The Balaban J connectivity index is 7.33. The normalized spacial score (nSPS) is 16.3. The van der Waals surface area contributed by atoms with Crippen LogP contribution in [-0.2, 0) is 4.74 Å². The number of halogens is 15. The predicted octanol–water partition coefficient (Wildman–Crippen LogP) is 5.35. The number of rotatable bonds is 5. The molecule has 0 saturated heterocycles. The summed E-state index contributed by atoms with van der Waals surface area (Å²) in [6.45, 7) is -2.15. The molecule has 0 unspecified atom stereocenters. The minimum absolute atomic E-state index is 0.0557. The fourth-order valence-corrected chi connectivity index (χ4v) is 1.68. The summed E-state index contributed by atoms with van der Waals surface area (Å²) < 4.78 is 193. The van der Waals surface area contributed by atoms with Crippen LogP contribution in [0.15, 0.2) is 0 Å². The maximum absolute atomic E-state index is 13.3. The highest BCUT2D eigenvalue weighted by molar-refractivity contribution is 5.19. The van der Waals surface area contributed by atoms with Gasteiger partial charge in [0, 0.05) is 6.61 Å². The lowest BCUT2D eigenvalue weighted by atomic mass is 9.80. The molecule has 0 N–H and O–H groups in total. The van der Waals surface area contributed by atoms with Gasteiger partial charge in [0.1, 0.15) is 0 Å². The summed E-state index contributed by atoms with van der Waals surface area (Å²) in [6.07, 6.45) is -23.1. The second-order valence-electron chi connectivity index (χ2n) is 4.33. The minimum Gasteiger partial charge on any atom is -0.357 e. The van der Waals surface area contributed by atoms with E-state index >= 15 is 0 Å². The molecule has 0 amide bonds. The summed E-state index contributed by atoms with van der Waals surface area (Å²) in [7, 11) is 0. The molecule has 1 nitrogen and oxygen atoms in total. The molecule has 0 saturated carbocycles. The minimum atomic E-state index is -7.98. The smallest absolute Gasteiger partial charge is 0.357 e. The SMILES string of the molecule is CCOC(C(F)(F)C(F)(F)F)(C(F)(F)C(F)(F)F)C(F)(F)C(F)(F)F. The third-order valence-corrected chi connectivity index (χ3v) is 2.76. The van der Waals surface area contributed by atoms with Crippen LogP contribution in [-0.4, -0.2) is 48.5 Å². The predicted molar refractivity (Wildman–Crippen MR) is 47.4 cm³/mol. The zero-order valence-electron chi connectivity index (χ0n) is 11.3. The summed E-state index contributed by atoms with van der Waals surface area (Å²) in [4.78, 5) is 0.